The lowest BCUT2D eigenvalue weighted by Crippen LogP contribution is -2.22. The van der Waals surface area contributed by atoms with E-state index in [1.807, 2.05) is 61.5 Å². The second kappa shape index (κ2) is 10.4. The summed E-state index contributed by atoms with van der Waals surface area (Å²) in [5.41, 5.74) is 2.14. The van der Waals surface area contributed by atoms with Crippen LogP contribution in [0.2, 0.25) is 0 Å². The lowest BCUT2D eigenvalue weighted by atomic mass is 10.1. The topological polar surface area (TPSA) is 46.2 Å². The van der Waals surface area contributed by atoms with Crippen molar-refractivity contribution in [3.8, 4) is 0 Å². The number of carbonyl (C=O) groups excluding carboxylic acids is 2. The van der Waals surface area contributed by atoms with Gasteiger partial charge in [-0.1, -0.05) is 61.2 Å². The van der Waals surface area contributed by atoms with Gasteiger partial charge in [0.05, 0.1) is 4.88 Å². The van der Waals surface area contributed by atoms with Crippen molar-refractivity contribution in [3.05, 3.63) is 70.6 Å². The molecule has 6 heteroatoms. The van der Waals surface area contributed by atoms with Gasteiger partial charge in [-0.05, 0) is 29.5 Å². The Labute approximate surface area is 167 Å². The number of thiophene rings is 1. The van der Waals surface area contributed by atoms with E-state index in [9.17, 15) is 9.59 Å². The lowest BCUT2D eigenvalue weighted by molar-refractivity contribution is -0.120. The zero-order valence-corrected chi connectivity index (χ0v) is 16.8. The molecule has 0 spiro atoms. The van der Waals surface area contributed by atoms with E-state index in [1.54, 1.807) is 0 Å². The molecule has 1 amide bonds. The first kappa shape index (κ1) is 20.5. The highest BCUT2D eigenvalue weighted by atomic mass is 35.5. The van der Waals surface area contributed by atoms with E-state index < -0.39 is 0 Å². The van der Waals surface area contributed by atoms with Crippen molar-refractivity contribution in [1.29, 1.82) is 0 Å². The van der Waals surface area contributed by atoms with E-state index in [0.29, 0.717) is 18.8 Å². The number of halogens is 1. The molecular formula is C20H20ClNO2S2. The third-order valence-electron chi connectivity index (χ3n) is 3.69. The first-order chi connectivity index (χ1) is 12.5. The quantitative estimate of drug-likeness (QED) is 0.452. The van der Waals surface area contributed by atoms with Crippen LogP contribution in [-0.4, -0.2) is 16.9 Å². The summed E-state index contributed by atoms with van der Waals surface area (Å²) in [6.45, 7) is 2.54. The molecule has 0 aliphatic heterocycles. The van der Waals surface area contributed by atoms with Crippen molar-refractivity contribution in [2.45, 2.75) is 19.9 Å². The van der Waals surface area contributed by atoms with Gasteiger partial charge in [-0.15, -0.1) is 22.9 Å². The number of nitrogens with one attached hydrogen (secondary N) is 1. The standard InChI is InChI=1S/C10H12ClNO.C10H8OS2/c11-7-6-10(13)12-8-9-4-2-1-3-5-9;1-6-7-4-2-3-5-8(7)13-9(6)10(11)12/h1-5H,6-8H2,(H,12,13);2-5H,1H3,(H,11,12). The summed E-state index contributed by atoms with van der Waals surface area (Å²) in [4.78, 5) is 22.9. The second-order valence-electron chi connectivity index (χ2n) is 5.56. The highest BCUT2D eigenvalue weighted by Gasteiger charge is 2.11. The second-order valence-corrected chi connectivity index (χ2v) is 7.40. The summed E-state index contributed by atoms with van der Waals surface area (Å²) in [6, 6.07) is 17.8. The van der Waals surface area contributed by atoms with Crippen molar-refractivity contribution in [3.63, 3.8) is 0 Å². The molecule has 1 heterocycles. The van der Waals surface area contributed by atoms with Gasteiger partial charge in [-0.25, -0.2) is 0 Å². The summed E-state index contributed by atoms with van der Waals surface area (Å²) in [5.74, 6) is 0.375. The number of alkyl halides is 1. The molecule has 2 aromatic carbocycles. The van der Waals surface area contributed by atoms with Gasteiger partial charge in [-0.2, -0.15) is 0 Å². The number of carbonyl (C=O) groups is 2. The molecule has 0 atom stereocenters. The van der Waals surface area contributed by atoms with E-state index in [4.69, 9.17) is 11.6 Å². The van der Waals surface area contributed by atoms with Gasteiger partial charge in [0.1, 0.15) is 0 Å². The van der Waals surface area contributed by atoms with Crippen LogP contribution in [0.5, 0.6) is 0 Å². The van der Waals surface area contributed by atoms with Crippen molar-refractivity contribution in [1.82, 2.24) is 5.32 Å². The van der Waals surface area contributed by atoms with Gasteiger partial charge in [0.25, 0.3) is 0 Å². The summed E-state index contributed by atoms with van der Waals surface area (Å²) in [7, 11) is 0. The number of thiol groups is 1. The monoisotopic (exact) mass is 405 g/mol. The number of hydrogen-bond donors (Lipinski definition) is 2. The molecule has 3 nitrogen and oxygen atoms in total. The number of aryl methyl sites for hydroxylation is 1. The molecular weight excluding hydrogens is 386 g/mol. The minimum absolute atomic E-state index is 0.00106. The van der Waals surface area contributed by atoms with Crippen molar-refractivity contribution in [2.24, 2.45) is 0 Å². The Morgan fingerprint density at radius 1 is 1.08 bits per heavy atom. The highest BCUT2D eigenvalue weighted by Crippen LogP contribution is 2.31. The van der Waals surface area contributed by atoms with Crippen LogP contribution in [-0.2, 0) is 11.3 Å². The van der Waals surface area contributed by atoms with Crippen LogP contribution in [0.4, 0.5) is 0 Å². The molecule has 1 aromatic heterocycles. The number of amides is 1. The maximum Gasteiger partial charge on any atom is 0.226 e. The van der Waals surface area contributed by atoms with Crippen molar-refractivity contribution < 1.29 is 9.59 Å². The van der Waals surface area contributed by atoms with Gasteiger partial charge in [0.15, 0.2) is 0 Å². The van der Waals surface area contributed by atoms with E-state index in [0.717, 1.165) is 26.1 Å². The van der Waals surface area contributed by atoms with Crippen LogP contribution in [0.15, 0.2) is 54.6 Å². The number of hydrogen-bond acceptors (Lipinski definition) is 3. The molecule has 0 aliphatic carbocycles. The van der Waals surface area contributed by atoms with Gasteiger partial charge < -0.3 is 5.32 Å². The highest BCUT2D eigenvalue weighted by molar-refractivity contribution is 7.97. The SMILES string of the molecule is Cc1c(C(=O)S)sc2ccccc12.O=C(CCCl)NCc1ccccc1. The maximum absolute atomic E-state index is 11.1. The molecule has 1 N–H and O–H groups in total. The molecule has 0 saturated heterocycles. The lowest BCUT2D eigenvalue weighted by Gasteiger charge is -2.02. The largest absolute Gasteiger partial charge is 0.352 e. The van der Waals surface area contributed by atoms with E-state index in [2.05, 4.69) is 17.9 Å². The van der Waals surface area contributed by atoms with Crippen molar-refractivity contribution >= 4 is 56.7 Å². The summed E-state index contributed by atoms with van der Waals surface area (Å²) < 4.78 is 1.15. The molecule has 26 heavy (non-hydrogen) atoms. The average molecular weight is 406 g/mol. The van der Waals surface area contributed by atoms with E-state index >= 15 is 0 Å². The zero-order valence-electron chi connectivity index (χ0n) is 14.4. The minimum atomic E-state index is -0.140. The van der Waals surface area contributed by atoms with Crippen LogP contribution in [0.1, 0.15) is 27.2 Å². The third kappa shape index (κ3) is 5.87. The molecule has 0 saturated carbocycles. The zero-order chi connectivity index (χ0) is 18.9. The summed E-state index contributed by atoms with van der Waals surface area (Å²) in [6.07, 6.45) is 0.383. The summed E-state index contributed by atoms with van der Waals surface area (Å²) in [5, 5.41) is 3.79. The Morgan fingerprint density at radius 2 is 1.73 bits per heavy atom. The van der Waals surface area contributed by atoms with E-state index in [-0.39, 0.29) is 11.0 Å². The smallest absolute Gasteiger partial charge is 0.226 e. The summed E-state index contributed by atoms with van der Waals surface area (Å²) >= 11 is 10.8. The third-order valence-corrected chi connectivity index (χ3v) is 5.53. The van der Waals surface area contributed by atoms with Gasteiger partial charge in [-0.3, -0.25) is 9.59 Å². The first-order valence-electron chi connectivity index (χ1n) is 8.11. The minimum Gasteiger partial charge on any atom is -0.352 e. The Morgan fingerprint density at radius 3 is 2.35 bits per heavy atom. The number of benzene rings is 2. The van der Waals surface area contributed by atoms with Crippen LogP contribution in [0, 0.1) is 6.92 Å². The number of fused-ring (bicyclic) bond motifs is 1. The van der Waals surface area contributed by atoms with Crippen LogP contribution < -0.4 is 5.32 Å². The van der Waals surface area contributed by atoms with Gasteiger partial charge >= 0.3 is 0 Å². The normalized spacial score (nSPS) is 10.1. The molecule has 0 unspecified atom stereocenters. The molecule has 3 rings (SSSR count). The van der Waals surface area contributed by atoms with Crippen LogP contribution in [0.25, 0.3) is 10.1 Å². The van der Waals surface area contributed by atoms with Crippen molar-refractivity contribution in [2.75, 3.05) is 5.88 Å². The molecule has 0 aliphatic rings. The van der Waals surface area contributed by atoms with Gasteiger partial charge in [0.2, 0.25) is 11.0 Å². The van der Waals surface area contributed by atoms with Crippen LogP contribution in [0.3, 0.4) is 0 Å². The average Bonchev–Trinajstić information content (AvgIpc) is 2.99. The van der Waals surface area contributed by atoms with Gasteiger partial charge in [0, 0.05) is 23.5 Å². The predicted octanol–water partition coefficient (Wildman–Crippen LogP) is 5.21. The fraction of sp³-hybridized carbons (Fsp3) is 0.200. The Kier molecular flexibility index (Phi) is 8.16. The fourth-order valence-electron chi connectivity index (χ4n) is 2.35. The Bertz CT molecular complexity index is 878. The Balaban J connectivity index is 0.000000187. The van der Waals surface area contributed by atoms with E-state index in [1.165, 1.54) is 11.3 Å². The maximum atomic E-state index is 11.1. The fourth-order valence-corrected chi connectivity index (χ4v) is 3.87. The first-order valence-corrected chi connectivity index (χ1v) is 9.90. The predicted molar refractivity (Wildman–Crippen MR) is 114 cm³/mol. The van der Waals surface area contributed by atoms with Crippen LogP contribution >= 0.6 is 35.6 Å². The molecule has 0 fully saturated rings. The number of rotatable bonds is 5. The molecule has 3 aromatic rings. The molecule has 0 radical (unpaired) electrons. The Hall–Kier alpha value is -1.82. The molecule has 136 valence electrons. The molecule has 0 bridgehead atoms.